The molecule has 0 fully saturated rings. The van der Waals surface area contributed by atoms with Crippen LogP contribution in [0.1, 0.15) is 11.1 Å². The summed E-state index contributed by atoms with van der Waals surface area (Å²) in [4.78, 5) is 2.89. The lowest BCUT2D eigenvalue weighted by molar-refractivity contribution is 0.627. The molecule has 4 aromatic heterocycles. The van der Waals surface area contributed by atoms with Crippen LogP contribution in [0.2, 0.25) is 0 Å². The van der Waals surface area contributed by atoms with Gasteiger partial charge >= 0.3 is 0 Å². The quantitative estimate of drug-likeness (QED) is 0.251. The van der Waals surface area contributed by atoms with Crippen LogP contribution in [-0.2, 0) is 27.2 Å². The van der Waals surface area contributed by atoms with Gasteiger partial charge in [-0.25, -0.2) is 0 Å². The van der Waals surface area contributed by atoms with Crippen LogP contribution in [0.3, 0.4) is 0 Å². The van der Waals surface area contributed by atoms with Gasteiger partial charge in [0.25, 0.3) is 0 Å². The molecular weight excluding hydrogens is 520 g/mol. The van der Waals surface area contributed by atoms with E-state index >= 15 is 0 Å². The number of hydrogen-bond acceptors (Lipinski definition) is 10. The first kappa shape index (κ1) is 24.1. The van der Waals surface area contributed by atoms with Crippen molar-refractivity contribution in [2.75, 3.05) is 0 Å². The van der Waals surface area contributed by atoms with E-state index in [-0.39, 0.29) is 0 Å². The molecule has 0 N–H and O–H groups in total. The zero-order valence-corrected chi connectivity index (χ0v) is 22.2. The van der Waals surface area contributed by atoms with Crippen molar-refractivity contribution in [1.29, 1.82) is 0 Å². The van der Waals surface area contributed by atoms with Crippen molar-refractivity contribution in [3.63, 3.8) is 0 Å². The zero-order valence-electron chi connectivity index (χ0n) is 20.5. The summed E-state index contributed by atoms with van der Waals surface area (Å²) in [5, 5.41) is 36.5. The van der Waals surface area contributed by atoms with Crippen molar-refractivity contribution in [3.05, 3.63) is 84.2 Å². The molecule has 6 rings (SSSR count). The Morgan fingerprint density at radius 1 is 0.605 bits per heavy atom. The van der Waals surface area contributed by atoms with E-state index in [1.807, 2.05) is 45.8 Å². The molecule has 0 radical (unpaired) electrons. The molecular formula is C24H22N12S2. The number of rotatable bonds is 9. The van der Waals surface area contributed by atoms with E-state index in [2.05, 4.69) is 65.3 Å². The minimum Gasteiger partial charge on any atom is -0.253 e. The Morgan fingerprint density at radius 3 is 1.39 bits per heavy atom. The van der Waals surface area contributed by atoms with E-state index in [0.29, 0.717) is 24.7 Å². The van der Waals surface area contributed by atoms with Crippen molar-refractivity contribution in [3.8, 4) is 22.8 Å². The monoisotopic (exact) mass is 542 g/mol. The van der Waals surface area contributed by atoms with Crippen molar-refractivity contribution >= 4 is 21.6 Å². The van der Waals surface area contributed by atoms with E-state index in [0.717, 1.165) is 32.3 Å². The van der Waals surface area contributed by atoms with Gasteiger partial charge in [-0.15, -0.1) is 20.4 Å². The van der Waals surface area contributed by atoms with Gasteiger partial charge in [-0.2, -0.15) is 19.8 Å². The summed E-state index contributed by atoms with van der Waals surface area (Å²) in [5.41, 5.74) is 3.89. The third kappa shape index (κ3) is 5.08. The average Bonchev–Trinajstić information content (AvgIpc) is 3.72. The van der Waals surface area contributed by atoms with Crippen LogP contribution >= 0.6 is 21.6 Å². The highest BCUT2D eigenvalue weighted by molar-refractivity contribution is 8.76. The predicted molar refractivity (Wildman–Crippen MR) is 143 cm³/mol. The van der Waals surface area contributed by atoms with Crippen molar-refractivity contribution < 1.29 is 0 Å². The normalized spacial score (nSPS) is 11.3. The first-order valence-corrected chi connectivity index (χ1v) is 13.8. The second-order valence-corrected chi connectivity index (χ2v) is 10.5. The molecule has 38 heavy (non-hydrogen) atoms. The van der Waals surface area contributed by atoms with Crippen molar-refractivity contribution in [2.45, 2.75) is 23.1 Å². The highest BCUT2D eigenvalue weighted by Crippen LogP contribution is 2.44. The molecule has 0 spiro atoms. The molecule has 190 valence electrons. The first-order valence-electron chi connectivity index (χ1n) is 11.7. The van der Waals surface area contributed by atoms with Gasteiger partial charge in [0.05, 0.1) is 50.7 Å². The maximum atomic E-state index is 4.68. The number of nitrogens with zero attached hydrogens (tertiary/aromatic N) is 12. The molecule has 0 aliphatic heterocycles. The van der Waals surface area contributed by atoms with Gasteiger partial charge in [0, 0.05) is 0 Å². The van der Waals surface area contributed by atoms with Gasteiger partial charge in [0.2, 0.25) is 11.6 Å². The molecule has 0 unspecified atom stereocenters. The standard InChI is InChI=1S/C24H22N12S2/c1-33-29-21(27-31-33)19-13-25-35(15-17-9-5-3-6-10-17)23(19)37-38-24-20(22-28-32-34(2)30-22)14-26-36(24)16-18-11-7-4-8-12-18/h3-14H,15-16H2,1-2H3. The lowest BCUT2D eigenvalue weighted by Crippen LogP contribution is -2.04. The third-order valence-electron chi connectivity index (χ3n) is 5.63. The van der Waals surface area contributed by atoms with Crippen LogP contribution in [0.5, 0.6) is 0 Å². The SMILES string of the molecule is Cn1nnc(-c2cnn(Cc3ccccc3)c2SSc2c(-c3nnn(C)n3)cnn2Cc2ccccc2)n1. The van der Waals surface area contributed by atoms with Gasteiger partial charge < -0.3 is 0 Å². The van der Waals surface area contributed by atoms with Crippen LogP contribution in [0.4, 0.5) is 0 Å². The Bertz CT molecular complexity index is 1530. The van der Waals surface area contributed by atoms with Gasteiger partial charge in [-0.05, 0) is 43.1 Å². The fourth-order valence-electron chi connectivity index (χ4n) is 3.83. The highest BCUT2D eigenvalue weighted by atomic mass is 33.1. The predicted octanol–water partition coefficient (Wildman–Crippen LogP) is 3.36. The Kier molecular flexibility index (Phi) is 6.71. The van der Waals surface area contributed by atoms with Gasteiger partial charge in [0.1, 0.15) is 10.1 Å². The largest absolute Gasteiger partial charge is 0.253 e. The number of tetrazole rings is 2. The summed E-state index contributed by atoms with van der Waals surface area (Å²) in [6, 6.07) is 20.4. The Balaban J connectivity index is 1.37. The molecule has 0 aliphatic rings. The molecule has 0 saturated carbocycles. The van der Waals surface area contributed by atoms with Crippen molar-refractivity contribution in [1.82, 2.24) is 60.0 Å². The summed E-state index contributed by atoms with van der Waals surface area (Å²) >= 11 is 0. The maximum absolute atomic E-state index is 4.68. The van der Waals surface area contributed by atoms with E-state index in [1.165, 1.54) is 9.59 Å². The molecule has 4 heterocycles. The summed E-state index contributed by atoms with van der Waals surface area (Å²) in [6.45, 7) is 1.21. The van der Waals surface area contributed by atoms with Crippen LogP contribution in [0, 0.1) is 0 Å². The minimum absolute atomic E-state index is 0.517. The number of aromatic nitrogens is 12. The molecule has 0 aliphatic carbocycles. The van der Waals surface area contributed by atoms with E-state index in [9.17, 15) is 0 Å². The molecule has 2 aromatic carbocycles. The maximum Gasteiger partial charge on any atom is 0.209 e. The van der Waals surface area contributed by atoms with Crippen LogP contribution < -0.4 is 0 Å². The van der Waals surface area contributed by atoms with Crippen LogP contribution in [0.25, 0.3) is 22.8 Å². The van der Waals surface area contributed by atoms with E-state index in [4.69, 9.17) is 0 Å². The third-order valence-corrected chi connectivity index (χ3v) is 8.09. The highest BCUT2D eigenvalue weighted by Gasteiger charge is 2.22. The van der Waals surface area contributed by atoms with Crippen LogP contribution in [0.15, 0.2) is 83.1 Å². The Hall–Kier alpha value is -4.30. The lowest BCUT2D eigenvalue weighted by Gasteiger charge is -2.11. The minimum atomic E-state index is 0.517. The Morgan fingerprint density at radius 2 is 1.03 bits per heavy atom. The fourth-order valence-corrected chi connectivity index (χ4v) is 6.38. The number of benzene rings is 2. The molecule has 0 amide bonds. The van der Waals surface area contributed by atoms with Gasteiger partial charge in [-0.3, -0.25) is 9.36 Å². The molecule has 0 saturated heterocycles. The van der Waals surface area contributed by atoms with E-state index < -0.39 is 0 Å². The molecule has 12 nitrogen and oxygen atoms in total. The molecule has 6 aromatic rings. The topological polar surface area (TPSA) is 123 Å². The average molecular weight is 543 g/mol. The zero-order chi connectivity index (χ0) is 25.9. The number of aryl methyl sites for hydroxylation is 2. The smallest absolute Gasteiger partial charge is 0.209 e. The van der Waals surface area contributed by atoms with Gasteiger partial charge in [-0.1, -0.05) is 60.7 Å². The van der Waals surface area contributed by atoms with E-state index in [1.54, 1.807) is 48.1 Å². The lowest BCUT2D eigenvalue weighted by atomic mass is 10.2. The summed E-state index contributed by atoms with van der Waals surface area (Å²) in [7, 11) is 6.61. The summed E-state index contributed by atoms with van der Waals surface area (Å²) in [5.74, 6) is 1.03. The Labute approximate surface area is 225 Å². The first-order chi connectivity index (χ1) is 18.6. The van der Waals surface area contributed by atoms with Crippen molar-refractivity contribution in [2.24, 2.45) is 14.1 Å². The molecule has 0 atom stereocenters. The van der Waals surface area contributed by atoms with Gasteiger partial charge in [0.15, 0.2) is 0 Å². The summed E-state index contributed by atoms with van der Waals surface area (Å²) < 4.78 is 3.91. The molecule has 0 bridgehead atoms. The second-order valence-electron chi connectivity index (χ2n) is 8.38. The van der Waals surface area contributed by atoms with Crippen LogP contribution in [-0.4, -0.2) is 60.0 Å². The number of hydrogen-bond donors (Lipinski definition) is 0. The fraction of sp³-hybridized carbons (Fsp3) is 0.167. The molecule has 14 heteroatoms. The summed E-state index contributed by atoms with van der Waals surface area (Å²) in [6.07, 6.45) is 3.57. The second kappa shape index (κ2) is 10.6.